The van der Waals surface area contributed by atoms with Crippen molar-refractivity contribution in [2.45, 2.75) is 25.7 Å². The lowest BCUT2D eigenvalue weighted by Crippen LogP contribution is -2.18. The van der Waals surface area contributed by atoms with Crippen molar-refractivity contribution in [3.05, 3.63) is 83.4 Å². The molecule has 0 aliphatic rings. The maximum atomic E-state index is 12.8. The molecule has 1 unspecified atom stereocenters. The molecule has 0 saturated heterocycles. The van der Waals surface area contributed by atoms with Crippen molar-refractivity contribution < 1.29 is 13.2 Å². The number of benzene rings is 3. The van der Waals surface area contributed by atoms with Gasteiger partial charge in [0.05, 0.1) is 5.56 Å². The van der Waals surface area contributed by atoms with Crippen LogP contribution in [0.2, 0.25) is 0 Å². The SMILES string of the molecule is CC(NCc1cccc(C(F)(F)F)c1)c1cccc2ccccc12.Cl. The Morgan fingerprint density at radius 3 is 2.36 bits per heavy atom. The van der Waals surface area contributed by atoms with E-state index in [1.165, 1.54) is 12.1 Å². The van der Waals surface area contributed by atoms with Crippen LogP contribution in [0.3, 0.4) is 0 Å². The van der Waals surface area contributed by atoms with E-state index in [9.17, 15) is 13.2 Å². The van der Waals surface area contributed by atoms with Gasteiger partial charge in [0, 0.05) is 12.6 Å². The lowest BCUT2D eigenvalue weighted by molar-refractivity contribution is -0.137. The topological polar surface area (TPSA) is 12.0 Å². The van der Waals surface area contributed by atoms with Crippen LogP contribution in [-0.4, -0.2) is 0 Å². The Bertz CT molecular complexity index is 840. The molecule has 0 heterocycles. The second kappa shape index (κ2) is 7.89. The molecule has 0 aliphatic heterocycles. The maximum absolute atomic E-state index is 12.8. The fraction of sp³-hybridized carbons (Fsp3) is 0.200. The summed E-state index contributed by atoms with van der Waals surface area (Å²) >= 11 is 0. The molecule has 0 aromatic heterocycles. The second-order valence-electron chi connectivity index (χ2n) is 5.87. The largest absolute Gasteiger partial charge is 0.416 e. The quantitative estimate of drug-likeness (QED) is 0.586. The monoisotopic (exact) mass is 365 g/mol. The zero-order chi connectivity index (χ0) is 17.2. The van der Waals surface area contributed by atoms with Gasteiger partial charge >= 0.3 is 6.18 Å². The summed E-state index contributed by atoms with van der Waals surface area (Å²) < 4.78 is 38.4. The number of fused-ring (bicyclic) bond motifs is 1. The molecule has 1 N–H and O–H groups in total. The van der Waals surface area contributed by atoms with Crippen molar-refractivity contribution >= 4 is 23.2 Å². The van der Waals surface area contributed by atoms with Crippen LogP contribution in [0.15, 0.2) is 66.7 Å². The molecule has 0 bridgehead atoms. The summed E-state index contributed by atoms with van der Waals surface area (Å²) in [6.07, 6.45) is -4.31. The summed E-state index contributed by atoms with van der Waals surface area (Å²) in [5.41, 5.74) is 1.15. The number of rotatable bonds is 4. The van der Waals surface area contributed by atoms with Crippen LogP contribution in [0.5, 0.6) is 0 Å². The molecule has 1 nitrogen and oxygen atoms in total. The Morgan fingerprint density at radius 2 is 1.60 bits per heavy atom. The minimum atomic E-state index is -4.31. The van der Waals surface area contributed by atoms with E-state index >= 15 is 0 Å². The molecule has 132 valence electrons. The van der Waals surface area contributed by atoms with E-state index in [2.05, 4.69) is 23.5 Å². The van der Waals surface area contributed by atoms with Gasteiger partial charge in [0.25, 0.3) is 0 Å². The highest BCUT2D eigenvalue weighted by Gasteiger charge is 2.30. The van der Waals surface area contributed by atoms with E-state index in [-0.39, 0.29) is 18.4 Å². The molecule has 0 spiro atoms. The lowest BCUT2D eigenvalue weighted by Gasteiger charge is -2.17. The zero-order valence-electron chi connectivity index (χ0n) is 13.7. The first kappa shape index (κ1) is 19.3. The Labute approximate surface area is 151 Å². The second-order valence-corrected chi connectivity index (χ2v) is 5.87. The average Bonchev–Trinajstić information content (AvgIpc) is 2.58. The van der Waals surface area contributed by atoms with Crippen molar-refractivity contribution in [2.24, 2.45) is 0 Å². The average molecular weight is 366 g/mol. The molecule has 3 aromatic carbocycles. The van der Waals surface area contributed by atoms with Gasteiger partial charge in [-0.2, -0.15) is 13.2 Å². The Hall–Kier alpha value is -2.04. The van der Waals surface area contributed by atoms with Gasteiger partial charge < -0.3 is 5.32 Å². The van der Waals surface area contributed by atoms with E-state index in [1.807, 2.05) is 31.2 Å². The van der Waals surface area contributed by atoms with Crippen molar-refractivity contribution in [3.8, 4) is 0 Å². The number of alkyl halides is 3. The van der Waals surface area contributed by atoms with E-state index < -0.39 is 11.7 Å². The molecular weight excluding hydrogens is 347 g/mol. The van der Waals surface area contributed by atoms with Crippen LogP contribution in [0.1, 0.15) is 29.7 Å². The van der Waals surface area contributed by atoms with Crippen molar-refractivity contribution in [1.29, 1.82) is 0 Å². The Kier molecular flexibility index (Phi) is 6.09. The minimum Gasteiger partial charge on any atom is -0.306 e. The molecule has 3 rings (SSSR count). The van der Waals surface area contributed by atoms with Crippen LogP contribution in [-0.2, 0) is 12.7 Å². The van der Waals surface area contributed by atoms with Crippen LogP contribution in [0, 0.1) is 0 Å². The molecule has 0 fully saturated rings. The first-order valence-corrected chi connectivity index (χ1v) is 7.82. The van der Waals surface area contributed by atoms with E-state index in [0.717, 1.165) is 22.4 Å². The number of nitrogens with one attached hydrogen (secondary N) is 1. The van der Waals surface area contributed by atoms with Gasteiger partial charge in [0.15, 0.2) is 0 Å². The van der Waals surface area contributed by atoms with Gasteiger partial charge in [0.2, 0.25) is 0 Å². The molecule has 0 radical (unpaired) electrons. The third kappa shape index (κ3) is 4.53. The maximum Gasteiger partial charge on any atom is 0.416 e. The van der Waals surface area contributed by atoms with Gasteiger partial charge in [-0.15, -0.1) is 12.4 Å². The minimum absolute atomic E-state index is 0. The van der Waals surface area contributed by atoms with Gasteiger partial charge in [-0.1, -0.05) is 60.7 Å². The molecule has 25 heavy (non-hydrogen) atoms. The fourth-order valence-electron chi connectivity index (χ4n) is 2.87. The summed E-state index contributed by atoms with van der Waals surface area (Å²) in [7, 11) is 0. The molecule has 3 aromatic rings. The Balaban J connectivity index is 0.00000225. The molecule has 0 amide bonds. The first-order chi connectivity index (χ1) is 11.4. The highest BCUT2D eigenvalue weighted by molar-refractivity contribution is 5.86. The number of hydrogen-bond acceptors (Lipinski definition) is 1. The van der Waals surface area contributed by atoms with Crippen molar-refractivity contribution in [3.63, 3.8) is 0 Å². The zero-order valence-corrected chi connectivity index (χ0v) is 14.5. The van der Waals surface area contributed by atoms with Crippen molar-refractivity contribution in [1.82, 2.24) is 5.32 Å². The van der Waals surface area contributed by atoms with Crippen LogP contribution in [0.25, 0.3) is 10.8 Å². The van der Waals surface area contributed by atoms with Gasteiger partial charge in [0.1, 0.15) is 0 Å². The molecule has 0 saturated carbocycles. The third-order valence-electron chi connectivity index (χ3n) is 4.16. The Morgan fingerprint density at radius 1 is 0.920 bits per heavy atom. The van der Waals surface area contributed by atoms with Gasteiger partial charge in [-0.3, -0.25) is 0 Å². The lowest BCUT2D eigenvalue weighted by atomic mass is 9.99. The summed E-state index contributed by atoms with van der Waals surface area (Å²) in [6.45, 7) is 2.41. The van der Waals surface area contributed by atoms with Crippen LogP contribution >= 0.6 is 12.4 Å². The van der Waals surface area contributed by atoms with Gasteiger partial charge in [-0.05, 0) is 34.9 Å². The van der Waals surface area contributed by atoms with E-state index in [0.29, 0.717) is 12.1 Å². The molecule has 0 aliphatic carbocycles. The fourth-order valence-corrected chi connectivity index (χ4v) is 2.87. The van der Waals surface area contributed by atoms with Crippen LogP contribution in [0.4, 0.5) is 13.2 Å². The third-order valence-corrected chi connectivity index (χ3v) is 4.16. The normalized spacial score (nSPS) is 12.6. The molecular formula is C20H19ClF3N. The smallest absolute Gasteiger partial charge is 0.306 e. The summed E-state index contributed by atoms with van der Waals surface area (Å²) in [5.74, 6) is 0. The van der Waals surface area contributed by atoms with Crippen LogP contribution < -0.4 is 5.32 Å². The highest BCUT2D eigenvalue weighted by atomic mass is 35.5. The summed E-state index contributed by atoms with van der Waals surface area (Å²) in [6, 6.07) is 19.7. The number of halogens is 4. The van der Waals surface area contributed by atoms with E-state index in [1.54, 1.807) is 6.07 Å². The van der Waals surface area contributed by atoms with E-state index in [4.69, 9.17) is 0 Å². The highest BCUT2D eigenvalue weighted by Crippen LogP contribution is 2.30. The molecule has 1 atom stereocenters. The summed E-state index contributed by atoms with van der Waals surface area (Å²) in [5, 5.41) is 5.63. The molecule has 5 heteroatoms. The summed E-state index contributed by atoms with van der Waals surface area (Å²) in [4.78, 5) is 0. The predicted octanol–water partition coefficient (Wildman–Crippen LogP) is 6.13. The predicted molar refractivity (Wildman–Crippen MR) is 97.9 cm³/mol. The number of hydrogen-bond donors (Lipinski definition) is 1. The first-order valence-electron chi connectivity index (χ1n) is 7.82. The van der Waals surface area contributed by atoms with Crippen molar-refractivity contribution in [2.75, 3.05) is 0 Å². The standard InChI is InChI=1S/C20H18F3N.ClH/c1-14(18-11-5-8-16-7-2-3-10-19(16)18)24-13-15-6-4-9-17(12-15)20(21,22)23;/h2-12,14,24H,13H2,1H3;1H. The van der Waals surface area contributed by atoms with Gasteiger partial charge in [-0.25, -0.2) is 0 Å².